The molecule has 2 aromatic carbocycles. The lowest BCUT2D eigenvalue weighted by atomic mass is 9.97. The zero-order valence-electron chi connectivity index (χ0n) is 10.2. The van der Waals surface area contributed by atoms with Crippen LogP contribution in [0.5, 0.6) is 0 Å². The number of allylic oxidation sites excluding steroid dienone is 2. The SMILES string of the molecule is C/C=C(\C)Cc1cc2ccccc2cc1C. The van der Waals surface area contributed by atoms with E-state index < -0.39 is 0 Å². The van der Waals surface area contributed by atoms with Crippen molar-refractivity contribution in [3.63, 3.8) is 0 Å². The minimum absolute atomic E-state index is 1.06. The van der Waals surface area contributed by atoms with Crippen molar-refractivity contribution in [2.24, 2.45) is 0 Å². The van der Waals surface area contributed by atoms with Crippen LogP contribution in [0.3, 0.4) is 0 Å². The Morgan fingerprint density at radius 3 is 2.38 bits per heavy atom. The summed E-state index contributed by atoms with van der Waals surface area (Å²) in [5.41, 5.74) is 4.26. The molecule has 0 spiro atoms. The first kappa shape index (κ1) is 10.9. The maximum atomic E-state index is 2.32. The normalized spacial score (nSPS) is 12.1. The van der Waals surface area contributed by atoms with E-state index in [0.29, 0.717) is 0 Å². The molecule has 0 saturated carbocycles. The Labute approximate surface area is 97.6 Å². The van der Waals surface area contributed by atoms with Gasteiger partial charge in [-0.05, 0) is 49.1 Å². The lowest BCUT2D eigenvalue weighted by Gasteiger charge is -2.08. The van der Waals surface area contributed by atoms with Crippen molar-refractivity contribution in [1.29, 1.82) is 0 Å². The summed E-state index contributed by atoms with van der Waals surface area (Å²) in [5, 5.41) is 2.67. The highest BCUT2D eigenvalue weighted by Crippen LogP contribution is 2.21. The minimum atomic E-state index is 1.06. The average molecular weight is 210 g/mol. The molecule has 0 bridgehead atoms. The van der Waals surface area contributed by atoms with E-state index in [-0.39, 0.29) is 0 Å². The van der Waals surface area contributed by atoms with Crippen molar-refractivity contribution in [1.82, 2.24) is 0 Å². The molecule has 0 heteroatoms. The molecule has 2 aromatic rings. The standard InChI is InChI=1S/C16H18/c1-4-12(2)9-16-11-15-8-6-5-7-14(15)10-13(16)3/h4-8,10-11H,9H2,1-3H3/b12-4+. The fraction of sp³-hybridized carbons (Fsp3) is 0.250. The summed E-state index contributed by atoms with van der Waals surface area (Å²) in [5.74, 6) is 0. The zero-order chi connectivity index (χ0) is 11.5. The van der Waals surface area contributed by atoms with Crippen molar-refractivity contribution in [3.8, 4) is 0 Å². The molecule has 0 nitrogen and oxygen atoms in total. The van der Waals surface area contributed by atoms with E-state index in [2.05, 4.69) is 63.2 Å². The molecule has 0 unspecified atom stereocenters. The van der Waals surface area contributed by atoms with Gasteiger partial charge in [0, 0.05) is 0 Å². The topological polar surface area (TPSA) is 0 Å². The van der Waals surface area contributed by atoms with Crippen molar-refractivity contribution < 1.29 is 0 Å². The highest BCUT2D eigenvalue weighted by molar-refractivity contribution is 5.84. The van der Waals surface area contributed by atoms with E-state index in [9.17, 15) is 0 Å². The third-order valence-electron chi connectivity index (χ3n) is 3.17. The fourth-order valence-corrected chi connectivity index (χ4v) is 1.99. The Hall–Kier alpha value is -1.56. The second-order valence-electron chi connectivity index (χ2n) is 4.44. The van der Waals surface area contributed by atoms with Crippen molar-refractivity contribution in [3.05, 3.63) is 59.2 Å². The molecule has 0 heterocycles. The second-order valence-corrected chi connectivity index (χ2v) is 4.44. The zero-order valence-corrected chi connectivity index (χ0v) is 10.2. The molecule has 16 heavy (non-hydrogen) atoms. The van der Waals surface area contributed by atoms with Gasteiger partial charge in [-0.25, -0.2) is 0 Å². The Morgan fingerprint density at radius 1 is 1.12 bits per heavy atom. The quantitative estimate of drug-likeness (QED) is 0.632. The molecule has 0 aromatic heterocycles. The number of benzene rings is 2. The Kier molecular flexibility index (Phi) is 3.09. The van der Waals surface area contributed by atoms with Crippen LogP contribution in [0, 0.1) is 6.92 Å². The van der Waals surface area contributed by atoms with Crippen LogP contribution in [-0.4, -0.2) is 0 Å². The molecule has 0 aliphatic rings. The minimum Gasteiger partial charge on any atom is -0.0884 e. The number of rotatable bonds is 2. The van der Waals surface area contributed by atoms with E-state index in [1.807, 2.05) is 0 Å². The van der Waals surface area contributed by atoms with Crippen LogP contribution < -0.4 is 0 Å². The summed E-state index contributed by atoms with van der Waals surface area (Å²) in [6.07, 6.45) is 3.25. The lowest BCUT2D eigenvalue weighted by molar-refractivity contribution is 1.11. The van der Waals surface area contributed by atoms with E-state index in [1.54, 1.807) is 0 Å². The highest BCUT2D eigenvalue weighted by atomic mass is 14.1. The summed E-state index contributed by atoms with van der Waals surface area (Å²) in [4.78, 5) is 0. The molecule has 0 atom stereocenters. The van der Waals surface area contributed by atoms with E-state index in [4.69, 9.17) is 0 Å². The van der Waals surface area contributed by atoms with Gasteiger partial charge in [-0.2, -0.15) is 0 Å². The smallest absolute Gasteiger partial charge is 0.00671 e. The van der Waals surface area contributed by atoms with Gasteiger partial charge in [0.1, 0.15) is 0 Å². The summed E-state index contributed by atoms with van der Waals surface area (Å²) >= 11 is 0. The number of hydrogen-bond acceptors (Lipinski definition) is 0. The number of hydrogen-bond donors (Lipinski definition) is 0. The van der Waals surface area contributed by atoms with Gasteiger partial charge >= 0.3 is 0 Å². The van der Waals surface area contributed by atoms with Crippen molar-refractivity contribution in [2.45, 2.75) is 27.2 Å². The van der Waals surface area contributed by atoms with Crippen molar-refractivity contribution >= 4 is 10.8 Å². The lowest BCUT2D eigenvalue weighted by Crippen LogP contribution is -1.91. The third-order valence-corrected chi connectivity index (χ3v) is 3.17. The predicted molar refractivity (Wildman–Crippen MR) is 71.8 cm³/mol. The molecule has 0 amide bonds. The largest absolute Gasteiger partial charge is 0.0884 e. The average Bonchev–Trinajstić information content (AvgIpc) is 2.30. The van der Waals surface area contributed by atoms with Crippen LogP contribution >= 0.6 is 0 Å². The Morgan fingerprint density at radius 2 is 1.75 bits per heavy atom. The maximum absolute atomic E-state index is 2.32. The molecule has 0 aliphatic heterocycles. The summed E-state index contributed by atoms with van der Waals surface area (Å²) in [6.45, 7) is 6.49. The van der Waals surface area contributed by atoms with Gasteiger partial charge in [0.05, 0.1) is 0 Å². The Balaban J connectivity index is 2.50. The maximum Gasteiger partial charge on any atom is -0.00671 e. The van der Waals surface area contributed by atoms with Crippen LogP contribution in [0.15, 0.2) is 48.0 Å². The molecule has 0 N–H and O–H groups in total. The number of fused-ring (bicyclic) bond motifs is 1. The number of aryl methyl sites for hydroxylation is 1. The van der Waals surface area contributed by atoms with Crippen LogP contribution in [0.2, 0.25) is 0 Å². The molecule has 0 radical (unpaired) electrons. The van der Waals surface area contributed by atoms with Gasteiger partial charge in [-0.3, -0.25) is 0 Å². The highest BCUT2D eigenvalue weighted by Gasteiger charge is 2.01. The first-order valence-corrected chi connectivity index (χ1v) is 5.81. The molecular weight excluding hydrogens is 192 g/mol. The van der Waals surface area contributed by atoms with E-state index >= 15 is 0 Å². The van der Waals surface area contributed by atoms with E-state index in [1.165, 1.54) is 27.5 Å². The van der Waals surface area contributed by atoms with Gasteiger partial charge in [0.15, 0.2) is 0 Å². The monoisotopic (exact) mass is 210 g/mol. The van der Waals surface area contributed by atoms with Gasteiger partial charge in [0.25, 0.3) is 0 Å². The predicted octanol–water partition coefficient (Wildman–Crippen LogP) is 4.66. The first-order valence-electron chi connectivity index (χ1n) is 5.81. The van der Waals surface area contributed by atoms with Crippen LogP contribution in [0.25, 0.3) is 10.8 Å². The van der Waals surface area contributed by atoms with Crippen LogP contribution in [0.1, 0.15) is 25.0 Å². The second kappa shape index (κ2) is 4.52. The first-order chi connectivity index (χ1) is 7.70. The van der Waals surface area contributed by atoms with Crippen LogP contribution in [0.4, 0.5) is 0 Å². The summed E-state index contributed by atoms with van der Waals surface area (Å²) in [7, 11) is 0. The van der Waals surface area contributed by atoms with Gasteiger partial charge < -0.3 is 0 Å². The molecule has 0 aliphatic carbocycles. The Bertz CT molecular complexity index is 533. The fourth-order valence-electron chi connectivity index (χ4n) is 1.99. The van der Waals surface area contributed by atoms with Gasteiger partial charge in [-0.15, -0.1) is 0 Å². The van der Waals surface area contributed by atoms with Crippen LogP contribution in [-0.2, 0) is 6.42 Å². The van der Waals surface area contributed by atoms with Crippen molar-refractivity contribution in [2.75, 3.05) is 0 Å². The summed E-state index contributed by atoms with van der Waals surface area (Å²) < 4.78 is 0. The van der Waals surface area contributed by atoms with Gasteiger partial charge in [0.2, 0.25) is 0 Å². The molecule has 2 rings (SSSR count). The van der Waals surface area contributed by atoms with E-state index in [0.717, 1.165) is 6.42 Å². The third kappa shape index (κ3) is 2.16. The molecule has 0 fully saturated rings. The molecule has 0 saturated heterocycles. The van der Waals surface area contributed by atoms with Gasteiger partial charge in [-0.1, -0.05) is 48.0 Å². The summed E-state index contributed by atoms with van der Waals surface area (Å²) in [6, 6.07) is 13.2. The molecule has 82 valence electrons. The molecular formula is C16H18.